The minimum absolute atomic E-state index is 0.161. The second-order valence-corrected chi connectivity index (χ2v) is 7.95. The van der Waals surface area contributed by atoms with Gasteiger partial charge in [0, 0.05) is 22.2 Å². The highest BCUT2D eigenvalue weighted by atomic mass is 79.9. The number of carbonyl (C=O) groups is 1. The van der Waals surface area contributed by atoms with Crippen LogP contribution in [0.2, 0.25) is 0 Å². The van der Waals surface area contributed by atoms with Crippen molar-refractivity contribution in [3.8, 4) is 5.75 Å². The summed E-state index contributed by atoms with van der Waals surface area (Å²) in [6.45, 7) is 2.27. The second-order valence-electron chi connectivity index (χ2n) is 7.10. The van der Waals surface area contributed by atoms with Crippen molar-refractivity contribution in [1.82, 2.24) is 10.4 Å². The molecule has 0 saturated heterocycles. The largest absolute Gasteiger partial charge is 0.507 e. The van der Waals surface area contributed by atoms with Crippen LogP contribution in [-0.4, -0.2) is 22.2 Å². The number of aromatic hydroxyl groups is 1. The quantitative estimate of drug-likeness (QED) is 0.425. The number of phenolic OH excluding ortho intramolecular Hbond substituents is 1. The molecule has 0 saturated carbocycles. The van der Waals surface area contributed by atoms with Crippen LogP contribution in [0, 0.1) is 5.92 Å². The Morgan fingerprint density at radius 3 is 3.00 bits per heavy atom. The number of benzene rings is 2. The van der Waals surface area contributed by atoms with Gasteiger partial charge in [-0.1, -0.05) is 6.92 Å². The highest BCUT2D eigenvalue weighted by Gasteiger charge is 2.20. The Labute approximate surface area is 165 Å². The Bertz CT molecular complexity index is 1060. The lowest BCUT2D eigenvalue weighted by molar-refractivity contribution is 0.0955. The van der Waals surface area contributed by atoms with E-state index in [1.165, 1.54) is 17.7 Å². The van der Waals surface area contributed by atoms with Gasteiger partial charge in [-0.25, -0.2) is 5.43 Å². The maximum Gasteiger partial charge on any atom is 0.271 e. The van der Waals surface area contributed by atoms with E-state index in [0.29, 0.717) is 16.0 Å². The van der Waals surface area contributed by atoms with Crippen molar-refractivity contribution in [1.29, 1.82) is 0 Å². The number of nitrogens with one attached hydrogen (secondary N) is 2. The van der Waals surface area contributed by atoms with E-state index < -0.39 is 0 Å². The van der Waals surface area contributed by atoms with E-state index in [2.05, 4.69) is 38.4 Å². The molecule has 0 fully saturated rings. The number of hydrogen-bond donors (Lipinski definition) is 3. The standard InChI is InChI=1S/C21H20BrN3O2/c1-12-2-5-18-15(8-12)16-10-14(4-6-19(16)24-18)21(27)25-23-11-13-3-7-20(26)17(22)9-13/h3-4,6-7,9-12,24,26H,2,5,8H2,1H3,(H,25,27)/b23-11-. The predicted molar refractivity (Wildman–Crippen MR) is 110 cm³/mol. The first kappa shape index (κ1) is 17.8. The van der Waals surface area contributed by atoms with Crippen LogP contribution in [0.4, 0.5) is 0 Å². The molecule has 1 atom stereocenters. The first-order valence-electron chi connectivity index (χ1n) is 8.96. The van der Waals surface area contributed by atoms with Crippen molar-refractivity contribution in [2.75, 3.05) is 0 Å². The lowest BCUT2D eigenvalue weighted by atomic mass is 9.87. The number of hydrazone groups is 1. The molecule has 0 aliphatic heterocycles. The average Bonchev–Trinajstić information content (AvgIpc) is 3.01. The molecule has 1 aromatic heterocycles. The van der Waals surface area contributed by atoms with Gasteiger partial charge in [0.05, 0.1) is 10.7 Å². The second kappa shape index (κ2) is 7.19. The Kier molecular flexibility index (Phi) is 4.74. The zero-order chi connectivity index (χ0) is 19.0. The molecule has 0 bridgehead atoms. The van der Waals surface area contributed by atoms with Crippen LogP contribution in [-0.2, 0) is 12.8 Å². The number of amides is 1. The number of hydrogen-bond acceptors (Lipinski definition) is 3. The molecule has 1 aliphatic carbocycles. The summed E-state index contributed by atoms with van der Waals surface area (Å²) in [6.07, 6.45) is 4.86. The SMILES string of the molecule is CC1CCc2[nH]c3ccc(C(=O)N/N=C\c4ccc(O)c(Br)c4)cc3c2C1. The number of nitrogens with zero attached hydrogens (tertiary/aromatic N) is 1. The van der Waals surface area contributed by atoms with Gasteiger partial charge in [-0.3, -0.25) is 4.79 Å². The number of phenols is 1. The van der Waals surface area contributed by atoms with Crippen LogP contribution in [0.15, 0.2) is 46.0 Å². The highest BCUT2D eigenvalue weighted by Crippen LogP contribution is 2.32. The van der Waals surface area contributed by atoms with E-state index in [9.17, 15) is 9.90 Å². The summed E-state index contributed by atoms with van der Waals surface area (Å²) in [6, 6.07) is 10.7. The smallest absolute Gasteiger partial charge is 0.271 e. The summed E-state index contributed by atoms with van der Waals surface area (Å²) < 4.78 is 0.578. The first-order valence-corrected chi connectivity index (χ1v) is 9.76. The van der Waals surface area contributed by atoms with Gasteiger partial charge < -0.3 is 10.1 Å². The summed E-state index contributed by atoms with van der Waals surface area (Å²) in [5.41, 5.74) is 7.66. The normalized spacial score (nSPS) is 16.6. The van der Waals surface area contributed by atoms with E-state index >= 15 is 0 Å². The number of aromatic nitrogens is 1. The monoisotopic (exact) mass is 425 g/mol. The molecule has 0 spiro atoms. The Morgan fingerprint density at radius 2 is 2.19 bits per heavy atom. The summed E-state index contributed by atoms with van der Waals surface area (Å²) in [7, 11) is 0. The van der Waals surface area contributed by atoms with Crippen molar-refractivity contribution < 1.29 is 9.90 Å². The molecule has 1 aliphatic rings. The van der Waals surface area contributed by atoms with Crippen molar-refractivity contribution in [2.24, 2.45) is 11.0 Å². The topological polar surface area (TPSA) is 77.5 Å². The van der Waals surface area contributed by atoms with Gasteiger partial charge in [-0.05, 0) is 88.6 Å². The summed E-state index contributed by atoms with van der Waals surface area (Å²) in [5, 5.41) is 14.7. The van der Waals surface area contributed by atoms with Crippen LogP contribution in [0.1, 0.15) is 40.5 Å². The molecule has 3 aromatic rings. The van der Waals surface area contributed by atoms with Crippen molar-refractivity contribution in [2.45, 2.75) is 26.2 Å². The number of carbonyl (C=O) groups excluding carboxylic acids is 1. The number of halogens is 1. The summed E-state index contributed by atoms with van der Waals surface area (Å²) in [5.74, 6) is 0.585. The maximum absolute atomic E-state index is 12.5. The molecule has 1 unspecified atom stereocenters. The molecule has 3 N–H and O–H groups in total. The molecule has 5 nitrogen and oxygen atoms in total. The van der Waals surface area contributed by atoms with Gasteiger partial charge in [-0.15, -0.1) is 0 Å². The van der Waals surface area contributed by atoms with Crippen LogP contribution >= 0.6 is 15.9 Å². The Morgan fingerprint density at radius 1 is 1.33 bits per heavy atom. The minimum atomic E-state index is -0.246. The molecular weight excluding hydrogens is 406 g/mol. The third kappa shape index (κ3) is 3.62. The van der Waals surface area contributed by atoms with E-state index in [1.54, 1.807) is 24.4 Å². The lowest BCUT2D eigenvalue weighted by Gasteiger charge is -2.18. The van der Waals surface area contributed by atoms with Gasteiger partial charge in [0.1, 0.15) is 5.75 Å². The molecule has 1 amide bonds. The first-order chi connectivity index (χ1) is 13.0. The van der Waals surface area contributed by atoms with Crippen molar-refractivity contribution in [3.63, 3.8) is 0 Å². The molecule has 1 heterocycles. The van der Waals surface area contributed by atoms with Crippen molar-refractivity contribution >= 4 is 39.0 Å². The van der Waals surface area contributed by atoms with Gasteiger partial charge >= 0.3 is 0 Å². The molecule has 4 rings (SSSR count). The van der Waals surface area contributed by atoms with Crippen LogP contribution in [0.25, 0.3) is 10.9 Å². The van der Waals surface area contributed by atoms with E-state index in [-0.39, 0.29) is 11.7 Å². The van der Waals surface area contributed by atoms with E-state index in [0.717, 1.165) is 29.3 Å². The van der Waals surface area contributed by atoms with Crippen molar-refractivity contribution in [3.05, 3.63) is 63.3 Å². The van der Waals surface area contributed by atoms with E-state index in [4.69, 9.17) is 0 Å². The number of H-pyrrole nitrogens is 1. The molecule has 6 heteroatoms. The molecule has 0 radical (unpaired) electrons. The number of fused-ring (bicyclic) bond motifs is 3. The summed E-state index contributed by atoms with van der Waals surface area (Å²) in [4.78, 5) is 16.0. The number of aryl methyl sites for hydroxylation is 1. The van der Waals surface area contributed by atoms with Crippen LogP contribution in [0.5, 0.6) is 5.75 Å². The number of rotatable bonds is 3. The Balaban J connectivity index is 1.53. The lowest BCUT2D eigenvalue weighted by Crippen LogP contribution is -2.17. The van der Waals surface area contributed by atoms with Gasteiger partial charge in [0.2, 0.25) is 0 Å². The van der Waals surface area contributed by atoms with E-state index in [1.807, 2.05) is 18.2 Å². The maximum atomic E-state index is 12.5. The zero-order valence-electron chi connectivity index (χ0n) is 14.9. The third-order valence-electron chi connectivity index (χ3n) is 5.05. The van der Waals surface area contributed by atoms with Gasteiger partial charge in [-0.2, -0.15) is 5.10 Å². The molecule has 2 aromatic carbocycles. The van der Waals surface area contributed by atoms with Gasteiger partial charge in [0.15, 0.2) is 0 Å². The average molecular weight is 426 g/mol. The molecular formula is C21H20BrN3O2. The fraction of sp³-hybridized carbons (Fsp3) is 0.238. The highest BCUT2D eigenvalue weighted by molar-refractivity contribution is 9.10. The zero-order valence-corrected chi connectivity index (χ0v) is 16.5. The summed E-state index contributed by atoms with van der Waals surface area (Å²) >= 11 is 3.25. The molecule has 27 heavy (non-hydrogen) atoms. The fourth-order valence-electron chi connectivity index (χ4n) is 3.57. The Hall–Kier alpha value is -2.60. The van der Waals surface area contributed by atoms with Crippen LogP contribution < -0.4 is 5.43 Å². The third-order valence-corrected chi connectivity index (χ3v) is 5.68. The number of aromatic amines is 1. The van der Waals surface area contributed by atoms with Crippen LogP contribution in [0.3, 0.4) is 0 Å². The fourth-order valence-corrected chi connectivity index (χ4v) is 3.96. The van der Waals surface area contributed by atoms with Gasteiger partial charge in [0.25, 0.3) is 5.91 Å². The minimum Gasteiger partial charge on any atom is -0.507 e. The molecule has 138 valence electrons. The predicted octanol–water partition coefficient (Wildman–Crippen LogP) is 4.52.